The van der Waals surface area contributed by atoms with Crippen LogP contribution in [0.2, 0.25) is 0 Å². The molecule has 2 unspecified atom stereocenters. The second kappa shape index (κ2) is 7.12. The molecule has 22 heavy (non-hydrogen) atoms. The zero-order valence-corrected chi connectivity index (χ0v) is 13.6. The number of hydrogen-bond donors (Lipinski definition) is 1. The van der Waals surface area contributed by atoms with Crippen molar-refractivity contribution in [2.75, 3.05) is 0 Å². The minimum Gasteiger partial charge on any atom is -0.481 e. The molecule has 0 heterocycles. The minimum atomic E-state index is -0.531. The molecule has 2 rings (SSSR count). The van der Waals surface area contributed by atoms with E-state index >= 15 is 0 Å². The number of aryl methyl sites for hydroxylation is 2. The number of rotatable bonds is 5. The summed E-state index contributed by atoms with van der Waals surface area (Å²) >= 11 is 0. The Morgan fingerprint density at radius 3 is 2.32 bits per heavy atom. The maximum absolute atomic E-state index is 12.2. The van der Waals surface area contributed by atoms with Gasteiger partial charge in [0, 0.05) is 0 Å². The van der Waals surface area contributed by atoms with Gasteiger partial charge in [-0.05, 0) is 56.5 Å². The Hall–Kier alpha value is -2.29. The first-order chi connectivity index (χ1) is 10.5. The Kier molecular flexibility index (Phi) is 5.21. The molecule has 2 aromatic rings. The molecule has 0 saturated heterocycles. The summed E-state index contributed by atoms with van der Waals surface area (Å²) in [5, 5.41) is 3.00. The Bertz CT molecular complexity index is 637. The highest BCUT2D eigenvalue weighted by atomic mass is 16.5. The predicted octanol–water partition coefficient (Wildman–Crippen LogP) is 3.95. The van der Waals surface area contributed by atoms with Crippen LogP contribution < -0.4 is 10.1 Å². The van der Waals surface area contributed by atoms with Crippen molar-refractivity contribution < 1.29 is 9.53 Å². The Morgan fingerprint density at radius 2 is 1.68 bits per heavy atom. The molecule has 0 radical (unpaired) electrons. The van der Waals surface area contributed by atoms with Gasteiger partial charge in [0.2, 0.25) is 0 Å². The number of ether oxygens (including phenoxy) is 1. The number of hydrogen-bond acceptors (Lipinski definition) is 2. The molecule has 0 bridgehead atoms. The van der Waals surface area contributed by atoms with Crippen LogP contribution in [0.1, 0.15) is 36.6 Å². The number of carbonyl (C=O) groups is 1. The maximum atomic E-state index is 12.2. The summed E-state index contributed by atoms with van der Waals surface area (Å²) in [6.07, 6.45) is -0.531. The van der Waals surface area contributed by atoms with Crippen molar-refractivity contribution in [3.8, 4) is 5.75 Å². The highest BCUT2D eigenvalue weighted by molar-refractivity contribution is 5.81. The summed E-state index contributed by atoms with van der Waals surface area (Å²) in [6, 6.07) is 15.6. The molecule has 0 aliphatic heterocycles. The third kappa shape index (κ3) is 4.10. The minimum absolute atomic E-state index is 0.0476. The maximum Gasteiger partial charge on any atom is 0.261 e. The van der Waals surface area contributed by atoms with Crippen LogP contribution in [0.3, 0.4) is 0 Å². The Balaban J connectivity index is 1.96. The van der Waals surface area contributed by atoms with E-state index in [9.17, 15) is 4.79 Å². The van der Waals surface area contributed by atoms with Gasteiger partial charge in [-0.3, -0.25) is 4.79 Å². The van der Waals surface area contributed by atoms with Crippen molar-refractivity contribution in [1.29, 1.82) is 0 Å². The lowest BCUT2D eigenvalue weighted by atomic mass is 10.0. The largest absolute Gasteiger partial charge is 0.481 e. The van der Waals surface area contributed by atoms with Crippen LogP contribution in [0.15, 0.2) is 48.5 Å². The average Bonchev–Trinajstić information content (AvgIpc) is 2.50. The molecule has 0 aromatic heterocycles. The van der Waals surface area contributed by atoms with Gasteiger partial charge in [0.1, 0.15) is 5.75 Å². The summed E-state index contributed by atoms with van der Waals surface area (Å²) < 4.78 is 5.64. The zero-order valence-electron chi connectivity index (χ0n) is 13.6. The lowest BCUT2D eigenvalue weighted by Crippen LogP contribution is -2.37. The third-order valence-electron chi connectivity index (χ3n) is 3.82. The third-order valence-corrected chi connectivity index (χ3v) is 3.82. The normalized spacial score (nSPS) is 13.3. The van der Waals surface area contributed by atoms with Crippen molar-refractivity contribution >= 4 is 5.91 Å². The molecule has 0 saturated carbocycles. The fourth-order valence-electron chi connectivity index (χ4n) is 2.20. The molecule has 3 heteroatoms. The summed E-state index contributed by atoms with van der Waals surface area (Å²) in [5.74, 6) is 0.582. The molecule has 116 valence electrons. The topological polar surface area (TPSA) is 38.3 Å². The van der Waals surface area contributed by atoms with E-state index in [0.717, 1.165) is 5.56 Å². The number of benzene rings is 2. The van der Waals surface area contributed by atoms with Gasteiger partial charge in [0.25, 0.3) is 5.91 Å². The van der Waals surface area contributed by atoms with Crippen LogP contribution in [0.25, 0.3) is 0 Å². The Labute approximate surface area is 132 Å². The number of para-hydroxylation sites is 1. The molecule has 2 aromatic carbocycles. The van der Waals surface area contributed by atoms with E-state index in [-0.39, 0.29) is 11.9 Å². The average molecular weight is 297 g/mol. The van der Waals surface area contributed by atoms with Gasteiger partial charge < -0.3 is 10.1 Å². The molecule has 1 amide bonds. The van der Waals surface area contributed by atoms with Crippen molar-refractivity contribution in [2.45, 2.75) is 39.8 Å². The van der Waals surface area contributed by atoms with Crippen LogP contribution >= 0.6 is 0 Å². The highest BCUT2D eigenvalue weighted by Gasteiger charge is 2.17. The molecule has 0 fully saturated rings. The second-order valence-electron chi connectivity index (χ2n) is 5.65. The number of nitrogens with one attached hydrogen (secondary N) is 1. The van der Waals surface area contributed by atoms with Gasteiger partial charge in [0.05, 0.1) is 6.04 Å². The molecule has 0 aliphatic carbocycles. The van der Waals surface area contributed by atoms with Crippen molar-refractivity contribution in [1.82, 2.24) is 5.32 Å². The molecule has 2 atom stereocenters. The van der Waals surface area contributed by atoms with E-state index in [4.69, 9.17) is 4.74 Å². The number of amides is 1. The van der Waals surface area contributed by atoms with Crippen molar-refractivity contribution in [3.05, 3.63) is 65.2 Å². The smallest absolute Gasteiger partial charge is 0.261 e. The number of carbonyl (C=O) groups excluding carboxylic acids is 1. The van der Waals surface area contributed by atoms with E-state index in [1.807, 2.05) is 37.3 Å². The fourth-order valence-corrected chi connectivity index (χ4v) is 2.20. The van der Waals surface area contributed by atoms with Crippen LogP contribution in [0, 0.1) is 13.8 Å². The van der Waals surface area contributed by atoms with Crippen LogP contribution in [0.4, 0.5) is 0 Å². The quantitative estimate of drug-likeness (QED) is 0.907. The van der Waals surface area contributed by atoms with Crippen LogP contribution in [0.5, 0.6) is 5.75 Å². The van der Waals surface area contributed by atoms with E-state index in [0.29, 0.717) is 5.75 Å². The van der Waals surface area contributed by atoms with Crippen LogP contribution in [-0.4, -0.2) is 12.0 Å². The monoisotopic (exact) mass is 297 g/mol. The standard InChI is InChI=1S/C19H23NO2/c1-13-10-11-17(12-14(13)2)15(3)20-19(21)16(4)22-18-8-6-5-7-9-18/h5-12,15-16H,1-4H3,(H,20,21). The molecule has 0 spiro atoms. The van der Waals surface area contributed by atoms with E-state index < -0.39 is 6.10 Å². The highest BCUT2D eigenvalue weighted by Crippen LogP contribution is 2.17. The first-order valence-electron chi connectivity index (χ1n) is 7.56. The fraction of sp³-hybridized carbons (Fsp3) is 0.316. The first-order valence-corrected chi connectivity index (χ1v) is 7.56. The predicted molar refractivity (Wildman–Crippen MR) is 89.0 cm³/mol. The van der Waals surface area contributed by atoms with E-state index in [1.54, 1.807) is 6.92 Å². The van der Waals surface area contributed by atoms with Gasteiger partial charge >= 0.3 is 0 Å². The van der Waals surface area contributed by atoms with E-state index in [1.165, 1.54) is 11.1 Å². The lowest BCUT2D eigenvalue weighted by Gasteiger charge is -2.19. The molecule has 1 N–H and O–H groups in total. The Morgan fingerprint density at radius 1 is 1.00 bits per heavy atom. The molecule has 0 aliphatic rings. The van der Waals surface area contributed by atoms with E-state index in [2.05, 4.69) is 37.4 Å². The van der Waals surface area contributed by atoms with Crippen molar-refractivity contribution in [2.24, 2.45) is 0 Å². The van der Waals surface area contributed by atoms with Gasteiger partial charge in [-0.15, -0.1) is 0 Å². The summed E-state index contributed by atoms with van der Waals surface area (Å²) in [4.78, 5) is 12.2. The van der Waals surface area contributed by atoms with Gasteiger partial charge in [-0.25, -0.2) is 0 Å². The molecular weight excluding hydrogens is 274 g/mol. The van der Waals surface area contributed by atoms with Gasteiger partial charge in [0.15, 0.2) is 6.10 Å². The SMILES string of the molecule is Cc1ccc(C(C)NC(=O)C(C)Oc2ccccc2)cc1C. The van der Waals surface area contributed by atoms with Crippen molar-refractivity contribution in [3.63, 3.8) is 0 Å². The summed E-state index contributed by atoms with van der Waals surface area (Å²) in [7, 11) is 0. The summed E-state index contributed by atoms with van der Waals surface area (Å²) in [6.45, 7) is 7.90. The van der Waals surface area contributed by atoms with Gasteiger partial charge in [-0.1, -0.05) is 36.4 Å². The first kappa shape index (κ1) is 16.1. The van der Waals surface area contributed by atoms with Crippen LogP contribution in [-0.2, 0) is 4.79 Å². The second-order valence-corrected chi connectivity index (χ2v) is 5.65. The zero-order chi connectivity index (χ0) is 16.1. The molecule has 3 nitrogen and oxygen atoms in total. The molecular formula is C19H23NO2. The van der Waals surface area contributed by atoms with Gasteiger partial charge in [-0.2, -0.15) is 0 Å². The summed E-state index contributed by atoms with van der Waals surface area (Å²) in [5.41, 5.74) is 3.58. The lowest BCUT2D eigenvalue weighted by molar-refractivity contribution is -0.127.